The van der Waals surface area contributed by atoms with Crippen molar-refractivity contribution in [3.05, 3.63) is 29.8 Å². The van der Waals surface area contributed by atoms with Crippen molar-refractivity contribution in [3.63, 3.8) is 0 Å². The van der Waals surface area contributed by atoms with Crippen LogP contribution in [0.3, 0.4) is 0 Å². The van der Waals surface area contributed by atoms with Gasteiger partial charge in [-0.25, -0.2) is 0 Å². The van der Waals surface area contributed by atoms with Crippen molar-refractivity contribution in [2.45, 2.75) is 25.4 Å². The lowest BCUT2D eigenvalue weighted by Crippen LogP contribution is -2.18. The molecule has 2 unspecified atom stereocenters. The van der Waals surface area contributed by atoms with Crippen molar-refractivity contribution in [1.29, 1.82) is 0 Å². The molecular weight excluding hydrogens is 198 g/mol. The van der Waals surface area contributed by atoms with Crippen LogP contribution in [0.1, 0.15) is 18.9 Å². The first kappa shape index (κ1) is 11.0. The maximum absolute atomic E-state index is 5.73. The summed E-state index contributed by atoms with van der Waals surface area (Å²) < 4.78 is 5.73. The lowest BCUT2D eigenvalue weighted by Gasteiger charge is -2.24. The summed E-state index contributed by atoms with van der Waals surface area (Å²) in [6.07, 6.45) is 0.941. The van der Waals surface area contributed by atoms with Crippen LogP contribution in [0.25, 0.3) is 0 Å². The van der Waals surface area contributed by atoms with Gasteiger partial charge in [-0.3, -0.25) is 0 Å². The molecule has 1 nitrogen and oxygen atoms in total. The lowest BCUT2D eigenvalue weighted by atomic mass is 10.2. The maximum atomic E-state index is 5.73. The Morgan fingerprint density at radius 1 is 1.23 bits per heavy atom. The van der Waals surface area contributed by atoms with Crippen molar-refractivity contribution in [2.24, 2.45) is 0 Å². The molecule has 0 N–H and O–H groups in total. The number of ether oxygens (including phenoxy) is 1. The predicted molar refractivity (Wildman–Crippen MR) is 64.2 cm³/mol. The predicted octanol–water partition coefficient (Wildman–Crippen LogP) is 3.19. The standard InChI is InChI=1S/C10H16OP2/c1-3-10(12,13)11-9-6-4-8(2)5-7-9/h4-7H,3,12-13H2,1-2H3. The van der Waals surface area contributed by atoms with Crippen LogP contribution in [0, 0.1) is 6.92 Å². The Bertz CT molecular complexity index is 267. The van der Waals surface area contributed by atoms with E-state index in [0.29, 0.717) is 0 Å². The molecule has 1 aromatic carbocycles. The fourth-order valence-electron chi connectivity index (χ4n) is 0.898. The number of benzene rings is 1. The van der Waals surface area contributed by atoms with Crippen LogP contribution in [0.15, 0.2) is 24.3 Å². The van der Waals surface area contributed by atoms with E-state index < -0.39 is 0 Å². The average molecular weight is 214 g/mol. The van der Waals surface area contributed by atoms with Gasteiger partial charge in [0.1, 0.15) is 10.8 Å². The van der Waals surface area contributed by atoms with E-state index in [1.54, 1.807) is 0 Å². The summed E-state index contributed by atoms with van der Waals surface area (Å²) in [6.45, 7) is 4.16. The Hall–Kier alpha value is -0.120. The summed E-state index contributed by atoms with van der Waals surface area (Å²) in [5.74, 6) is 0.914. The van der Waals surface area contributed by atoms with Crippen molar-refractivity contribution in [1.82, 2.24) is 0 Å². The zero-order valence-electron chi connectivity index (χ0n) is 8.08. The summed E-state index contributed by atoms with van der Waals surface area (Å²) >= 11 is 0. The topological polar surface area (TPSA) is 9.23 Å². The number of aryl methyl sites for hydroxylation is 1. The van der Waals surface area contributed by atoms with E-state index in [-0.39, 0.29) is 5.08 Å². The molecule has 72 valence electrons. The molecule has 0 saturated heterocycles. The van der Waals surface area contributed by atoms with Crippen LogP contribution in [0.5, 0.6) is 5.75 Å². The van der Waals surface area contributed by atoms with Crippen LogP contribution in [0.4, 0.5) is 0 Å². The molecule has 0 spiro atoms. The SMILES string of the molecule is CCC(P)(P)Oc1ccc(C)cc1. The van der Waals surface area contributed by atoms with Crippen molar-refractivity contribution >= 4 is 18.5 Å². The largest absolute Gasteiger partial charge is 0.480 e. The van der Waals surface area contributed by atoms with Crippen molar-refractivity contribution in [3.8, 4) is 5.75 Å². The van der Waals surface area contributed by atoms with Gasteiger partial charge in [-0.05, 0) is 25.5 Å². The third-order valence-corrected chi connectivity index (χ3v) is 2.93. The summed E-state index contributed by atoms with van der Waals surface area (Å²) in [5, 5.41) is -0.227. The van der Waals surface area contributed by atoms with Gasteiger partial charge in [0.15, 0.2) is 0 Å². The van der Waals surface area contributed by atoms with Crippen LogP contribution in [-0.4, -0.2) is 5.08 Å². The lowest BCUT2D eigenvalue weighted by molar-refractivity contribution is 0.250. The molecule has 0 fully saturated rings. The highest BCUT2D eigenvalue weighted by Crippen LogP contribution is 2.33. The van der Waals surface area contributed by atoms with Crippen LogP contribution in [0.2, 0.25) is 0 Å². The highest BCUT2D eigenvalue weighted by atomic mass is 31.1. The molecule has 0 radical (unpaired) electrons. The fourth-order valence-corrected chi connectivity index (χ4v) is 1.17. The van der Waals surface area contributed by atoms with Crippen LogP contribution >= 0.6 is 18.5 Å². The Labute approximate surface area is 84.7 Å². The van der Waals surface area contributed by atoms with Gasteiger partial charge in [-0.2, -0.15) is 0 Å². The Kier molecular flexibility index (Phi) is 3.71. The van der Waals surface area contributed by atoms with Crippen LogP contribution < -0.4 is 4.74 Å². The van der Waals surface area contributed by atoms with E-state index in [9.17, 15) is 0 Å². The Balaban J connectivity index is 2.69. The molecular formula is C10H16OP2. The number of rotatable bonds is 3. The van der Waals surface area contributed by atoms with Gasteiger partial charge in [0, 0.05) is 0 Å². The van der Waals surface area contributed by atoms with Gasteiger partial charge < -0.3 is 4.74 Å². The molecule has 0 aliphatic rings. The smallest absolute Gasteiger partial charge is 0.133 e. The molecule has 1 rings (SSSR count). The monoisotopic (exact) mass is 214 g/mol. The first-order valence-electron chi connectivity index (χ1n) is 4.37. The highest BCUT2D eigenvalue weighted by Gasteiger charge is 2.16. The van der Waals surface area contributed by atoms with E-state index in [4.69, 9.17) is 4.74 Å². The van der Waals surface area contributed by atoms with E-state index in [0.717, 1.165) is 12.2 Å². The molecule has 2 atom stereocenters. The molecule has 0 aromatic heterocycles. The third-order valence-electron chi connectivity index (χ3n) is 1.88. The van der Waals surface area contributed by atoms with Gasteiger partial charge in [0.2, 0.25) is 0 Å². The third kappa shape index (κ3) is 3.63. The van der Waals surface area contributed by atoms with Gasteiger partial charge >= 0.3 is 0 Å². The highest BCUT2D eigenvalue weighted by molar-refractivity contribution is 7.39. The Morgan fingerprint density at radius 3 is 2.23 bits per heavy atom. The molecule has 13 heavy (non-hydrogen) atoms. The minimum Gasteiger partial charge on any atom is -0.480 e. The first-order valence-corrected chi connectivity index (χ1v) is 5.52. The quantitative estimate of drug-likeness (QED) is 0.702. The minimum atomic E-state index is -0.227. The number of hydrogen-bond donors (Lipinski definition) is 0. The normalized spacial score (nSPS) is 11.4. The van der Waals surface area contributed by atoms with E-state index >= 15 is 0 Å². The van der Waals surface area contributed by atoms with Gasteiger partial charge in [0.25, 0.3) is 0 Å². The summed E-state index contributed by atoms with van der Waals surface area (Å²) in [5.41, 5.74) is 1.25. The van der Waals surface area contributed by atoms with E-state index in [1.807, 2.05) is 12.1 Å². The summed E-state index contributed by atoms with van der Waals surface area (Å²) in [7, 11) is 5.39. The summed E-state index contributed by atoms with van der Waals surface area (Å²) in [6, 6.07) is 8.09. The molecule has 0 aliphatic carbocycles. The van der Waals surface area contributed by atoms with E-state index in [1.165, 1.54) is 5.56 Å². The molecule has 0 heterocycles. The number of hydrogen-bond acceptors (Lipinski definition) is 1. The second kappa shape index (κ2) is 4.40. The zero-order chi connectivity index (χ0) is 9.90. The van der Waals surface area contributed by atoms with Crippen molar-refractivity contribution in [2.75, 3.05) is 0 Å². The molecule has 0 amide bonds. The van der Waals surface area contributed by atoms with Crippen LogP contribution in [-0.2, 0) is 0 Å². The van der Waals surface area contributed by atoms with Crippen molar-refractivity contribution < 1.29 is 4.74 Å². The van der Waals surface area contributed by atoms with E-state index in [2.05, 4.69) is 44.5 Å². The second-order valence-electron chi connectivity index (χ2n) is 3.22. The van der Waals surface area contributed by atoms with Gasteiger partial charge in [-0.1, -0.05) is 43.1 Å². The Morgan fingerprint density at radius 2 is 1.77 bits per heavy atom. The minimum absolute atomic E-state index is 0.227. The molecule has 0 saturated carbocycles. The van der Waals surface area contributed by atoms with Gasteiger partial charge in [-0.15, -0.1) is 0 Å². The molecule has 3 heteroatoms. The maximum Gasteiger partial charge on any atom is 0.133 e. The fraction of sp³-hybridized carbons (Fsp3) is 0.400. The molecule has 1 aromatic rings. The van der Waals surface area contributed by atoms with Gasteiger partial charge in [0.05, 0.1) is 0 Å². The zero-order valence-corrected chi connectivity index (χ0v) is 10.4. The molecule has 0 aliphatic heterocycles. The molecule has 0 bridgehead atoms. The average Bonchev–Trinajstić information content (AvgIpc) is 2.09. The summed E-state index contributed by atoms with van der Waals surface area (Å²) in [4.78, 5) is 0. The second-order valence-corrected chi connectivity index (χ2v) is 5.84. The first-order chi connectivity index (χ1) is 6.03.